The maximum absolute atomic E-state index is 12.2. The third-order valence-corrected chi connectivity index (χ3v) is 4.56. The Bertz CT molecular complexity index is 914. The minimum absolute atomic E-state index is 0.0778. The van der Waals surface area contributed by atoms with Crippen LogP contribution in [-0.4, -0.2) is 57.1 Å². The molecular formula is C18H22N8O3. The molecule has 0 radical (unpaired) electrons. The lowest BCUT2D eigenvalue weighted by Gasteiger charge is -2.30. The Morgan fingerprint density at radius 1 is 1.31 bits per heavy atom. The zero-order valence-electron chi connectivity index (χ0n) is 15.9. The van der Waals surface area contributed by atoms with E-state index in [0.29, 0.717) is 11.4 Å². The molecule has 3 heterocycles. The summed E-state index contributed by atoms with van der Waals surface area (Å²) < 4.78 is 0. The summed E-state index contributed by atoms with van der Waals surface area (Å²) in [7, 11) is 0. The number of nitrogens with one attached hydrogen (secondary N) is 1. The molecule has 0 aliphatic carbocycles. The van der Waals surface area contributed by atoms with Gasteiger partial charge >= 0.3 is 0 Å². The Balaban J connectivity index is 1.82. The first kappa shape index (κ1) is 20.1. The summed E-state index contributed by atoms with van der Waals surface area (Å²) in [4.78, 5) is 48.8. The van der Waals surface area contributed by atoms with Crippen LogP contribution in [0.25, 0.3) is 0 Å². The lowest BCUT2D eigenvalue weighted by atomic mass is 10.2. The summed E-state index contributed by atoms with van der Waals surface area (Å²) in [6, 6.07) is 2.92. The van der Waals surface area contributed by atoms with Crippen LogP contribution in [0.5, 0.6) is 0 Å². The molecule has 1 aliphatic rings. The topological polar surface area (TPSA) is 160 Å². The van der Waals surface area contributed by atoms with Crippen molar-refractivity contribution in [2.45, 2.75) is 25.8 Å². The van der Waals surface area contributed by atoms with E-state index in [0.717, 1.165) is 25.8 Å². The molecule has 2 amide bonds. The van der Waals surface area contributed by atoms with Gasteiger partial charge in [-0.15, -0.1) is 0 Å². The van der Waals surface area contributed by atoms with Crippen molar-refractivity contribution in [3.8, 4) is 0 Å². The number of hydrazine groups is 1. The van der Waals surface area contributed by atoms with Crippen LogP contribution in [0.1, 0.15) is 40.7 Å². The van der Waals surface area contributed by atoms with Crippen LogP contribution < -0.4 is 21.9 Å². The van der Waals surface area contributed by atoms with Crippen molar-refractivity contribution in [1.29, 1.82) is 0 Å². The number of nitrogens with zero attached hydrogens (tertiary/aromatic N) is 5. The van der Waals surface area contributed by atoms with E-state index in [-0.39, 0.29) is 35.7 Å². The quantitative estimate of drug-likeness (QED) is 0.321. The molecule has 29 heavy (non-hydrogen) atoms. The standard InChI is InChI=1S/C18H22N8O3/c1-11(5-8-27)26(20)14-10-22-15(16(19)28)17(24-14)23-12-3-4-13(21-9-12)18(29)25-6-2-7-25/h3-4,8-11H,2,5-7,20H2,1H3,(H2,19,28)(H,23,24). The minimum Gasteiger partial charge on any atom is -0.364 e. The molecule has 1 saturated heterocycles. The van der Waals surface area contributed by atoms with Gasteiger partial charge in [0.1, 0.15) is 12.0 Å². The van der Waals surface area contributed by atoms with Crippen LogP contribution in [0.2, 0.25) is 0 Å². The van der Waals surface area contributed by atoms with E-state index in [4.69, 9.17) is 11.6 Å². The Labute approximate surface area is 167 Å². The summed E-state index contributed by atoms with van der Waals surface area (Å²) in [6.45, 7) is 3.23. The van der Waals surface area contributed by atoms with E-state index in [9.17, 15) is 14.4 Å². The fourth-order valence-electron chi connectivity index (χ4n) is 2.66. The second-order valence-electron chi connectivity index (χ2n) is 6.65. The number of anilines is 3. The number of pyridine rings is 1. The Kier molecular flexibility index (Phi) is 5.98. The lowest BCUT2D eigenvalue weighted by molar-refractivity contribution is -0.108. The van der Waals surface area contributed by atoms with Gasteiger partial charge < -0.3 is 20.7 Å². The summed E-state index contributed by atoms with van der Waals surface area (Å²) in [5.41, 5.74) is 6.13. The van der Waals surface area contributed by atoms with Gasteiger partial charge in [0.15, 0.2) is 17.3 Å². The molecular weight excluding hydrogens is 376 g/mol. The van der Waals surface area contributed by atoms with Crippen molar-refractivity contribution < 1.29 is 14.4 Å². The van der Waals surface area contributed by atoms with Crippen molar-refractivity contribution >= 4 is 35.4 Å². The molecule has 11 heteroatoms. The monoisotopic (exact) mass is 398 g/mol. The zero-order chi connectivity index (χ0) is 21.0. The fraction of sp³-hybridized carbons (Fsp3) is 0.333. The van der Waals surface area contributed by atoms with E-state index >= 15 is 0 Å². The molecule has 2 aromatic heterocycles. The minimum atomic E-state index is -0.770. The van der Waals surface area contributed by atoms with E-state index in [1.54, 1.807) is 24.0 Å². The third kappa shape index (κ3) is 4.46. The molecule has 2 aromatic rings. The summed E-state index contributed by atoms with van der Waals surface area (Å²) in [6.07, 6.45) is 4.72. The highest BCUT2D eigenvalue weighted by molar-refractivity contribution is 5.96. The normalized spacial score (nSPS) is 13.9. The Hall–Kier alpha value is -3.60. The summed E-state index contributed by atoms with van der Waals surface area (Å²) in [5, 5.41) is 4.21. The maximum atomic E-state index is 12.2. The largest absolute Gasteiger partial charge is 0.364 e. The number of carbonyl (C=O) groups excluding carboxylic acids is 3. The second kappa shape index (κ2) is 8.61. The number of nitrogens with two attached hydrogens (primary N) is 2. The number of amides is 2. The molecule has 5 N–H and O–H groups in total. The third-order valence-electron chi connectivity index (χ3n) is 4.56. The van der Waals surface area contributed by atoms with Gasteiger partial charge in [-0.25, -0.2) is 20.8 Å². The van der Waals surface area contributed by atoms with Gasteiger partial charge in [-0.1, -0.05) is 0 Å². The van der Waals surface area contributed by atoms with Gasteiger partial charge in [0.25, 0.3) is 11.8 Å². The number of rotatable bonds is 8. The molecule has 152 valence electrons. The predicted molar refractivity (Wildman–Crippen MR) is 105 cm³/mol. The van der Waals surface area contributed by atoms with Crippen LogP contribution in [-0.2, 0) is 4.79 Å². The highest BCUT2D eigenvalue weighted by Gasteiger charge is 2.23. The smallest absolute Gasteiger partial charge is 0.272 e. The SMILES string of the molecule is CC(CC=O)N(N)c1cnc(C(N)=O)c(Nc2ccc(C(=O)N3CCC3)nc2)n1. The number of aldehydes is 1. The molecule has 0 aromatic carbocycles. The van der Waals surface area contributed by atoms with E-state index < -0.39 is 5.91 Å². The lowest BCUT2D eigenvalue weighted by Crippen LogP contribution is -2.42. The Morgan fingerprint density at radius 2 is 2.07 bits per heavy atom. The number of hydrogen-bond acceptors (Lipinski definition) is 9. The highest BCUT2D eigenvalue weighted by atomic mass is 16.2. The van der Waals surface area contributed by atoms with Crippen molar-refractivity contribution in [3.05, 3.63) is 35.9 Å². The Morgan fingerprint density at radius 3 is 2.62 bits per heavy atom. The van der Waals surface area contributed by atoms with Crippen LogP contribution in [0, 0.1) is 0 Å². The molecule has 11 nitrogen and oxygen atoms in total. The second-order valence-corrected chi connectivity index (χ2v) is 6.65. The van der Waals surface area contributed by atoms with Crippen molar-refractivity contribution in [3.63, 3.8) is 0 Å². The molecule has 3 rings (SSSR count). The summed E-state index contributed by atoms with van der Waals surface area (Å²) in [5.74, 6) is 5.44. The van der Waals surface area contributed by atoms with Gasteiger partial charge in [0, 0.05) is 19.5 Å². The number of hydrogen-bond donors (Lipinski definition) is 3. The molecule has 0 bridgehead atoms. The fourth-order valence-corrected chi connectivity index (χ4v) is 2.66. The van der Waals surface area contributed by atoms with Crippen LogP contribution >= 0.6 is 0 Å². The first-order valence-corrected chi connectivity index (χ1v) is 9.07. The molecule has 0 saturated carbocycles. The van der Waals surface area contributed by atoms with E-state index in [1.807, 2.05) is 0 Å². The van der Waals surface area contributed by atoms with Gasteiger partial charge in [0.2, 0.25) is 0 Å². The van der Waals surface area contributed by atoms with Crippen LogP contribution in [0.15, 0.2) is 24.5 Å². The molecule has 0 spiro atoms. The predicted octanol–water partition coefficient (Wildman–Crippen LogP) is 0.218. The molecule has 1 aliphatic heterocycles. The maximum Gasteiger partial charge on any atom is 0.272 e. The van der Waals surface area contributed by atoms with Gasteiger partial charge in [-0.2, -0.15) is 0 Å². The molecule has 1 unspecified atom stereocenters. The first-order chi connectivity index (χ1) is 13.9. The van der Waals surface area contributed by atoms with E-state index in [1.165, 1.54) is 17.4 Å². The van der Waals surface area contributed by atoms with Gasteiger partial charge in [0.05, 0.1) is 24.1 Å². The van der Waals surface area contributed by atoms with Gasteiger partial charge in [-0.05, 0) is 25.5 Å². The van der Waals surface area contributed by atoms with Crippen LogP contribution in [0.4, 0.5) is 17.3 Å². The first-order valence-electron chi connectivity index (χ1n) is 9.07. The molecule has 1 fully saturated rings. The van der Waals surface area contributed by atoms with Crippen LogP contribution in [0.3, 0.4) is 0 Å². The van der Waals surface area contributed by atoms with Crippen molar-refractivity contribution in [2.75, 3.05) is 23.4 Å². The highest BCUT2D eigenvalue weighted by Crippen LogP contribution is 2.21. The average molecular weight is 398 g/mol. The average Bonchev–Trinajstić information content (AvgIpc) is 2.66. The number of carbonyl (C=O) groups is 3. The number of primary amides is 1. The molecule has 1 atom stereocenters. The zero-order valence-corrected chi connectivity index (χ0v) is 15.9. The summed E-state index contributed by atoms with van der Waals surface area (Å²) >= 11 is 0. The number of likely N-dealkylation sites (tertiary alicyclic amines) is 1. The van der Waals surface area contributed by atoms with Crippen molar-refractivity contribution in [1.82, 2.24) is 19.9 Å². The van der Waals surface area contributed by atoms with E-state index in [2.05, 4.69) is 20.3 Å². The number of aromatic nitrogens is 3. The van der Waals surface area contributed by atoms with Crippen molar-refractivity contribution in [2.24, 2.45) is 11.6 Å². The van der Waals surface area contributed by atoms with Gasteiger partial charge in [-0.3, -0.25) is 14.6 Å².